The lowest BCUT2D eigenvalue weighted by Gasteiger charge is -2.18. The SMILES string of the molecule is CN(C)C(=O)Cc1ccc2c(C(=O)[C@H](NCCc3ccc(C#N)cc3)c3ccccc3)c[nH]c2c1. The summed E-state index contributed by atoms with van der Waals surface area (Å²) in [5.74, 6) is 0.0159. The van der Waals surface area contributed by atoms with Crippen molar-refractivity contribution >= 4 is 22.6 Å². The van der Waals surface area contributed by atoms with Crippen LogP contribution < -0.4 is 5.32 Å². The molecule has 4 rings (SSSR count). The molecule has 0 saturated carbocycles. The van der Waals surface area contributed by atoms with Gasteiger partial charge >= 0.3 is 0 Å². The van der Waals surface area contributed by atoms with E-state index < -0.39 is 6.04 Å². The summed E-state index contributed by atoms with van der Waals surface area (Å²) in [7, 11) is 3.48. The maximum Gasteiger partial charge on any atom is 0.226 e. The second kappa shape index (κ2) is 10.8. The van der Waals surface area contributed by atoms with Crippen molar-refractivity contribution < 1.29 is 9.59 Å². The molecule has 0 fully saturated rings. The summed E-state index contributed by atoms with van der Waals surface area (Å²) in [4.78, 5) is 30.6. The molecule has 0 aliphatic rings. The van der Waals surface area contributed by atoms with Crippen molar-refractivity contribution in [2.45, 2.75) is 18.9 Å². The summed E-state index contributed by atoms with van der Waals surface area (Å²) in [6, 6.07) is 24.6. The van der Waals surface area contributed by atoms with E-state index in [2.05, 4.69) is 16.4 Å². The van der Waals surface area contributed by atoms with Crippen LogP contribution in [0.15, 0.2) is 79.0 Å². The maximum absolute atomic E-state index is 13.7. The zero-order valence-electron chi connectivity index (χ0n) is 19.9. The Hall–Kier alpha value is -4.21. The number of fused-ring (bicyclic) bond motifs is 1. The molecule has 3 aromatic carbocycles. The summed E-state index contributed by atoms with van der Waals surface area (Å²) in [6.07, 6.45) is 2.80. The van der Waals surface area contributed by atoms with Gasteiger partial charge in [-0.3, -0.25) is 9.59 Å². The highest BCUT2D eigenvalue weighted by molar-refractivity contribution is 6.10. The predicted octanol–water partition coefficient (Wildman–Crippen LogP) is 4.43. The van der Waals surface area contributed by atoms with E-state index in [0.29, 0.717) is 24.1 Å². The fourth-order valence-electron chi connectivity index (χ4n) is 4.09. The first-order valence-electron chi connectivity index (χ1n) is 11.6. The maximum atomic E-state index is 13.7. The van der Waals surface area contributed by atoms with E-state index in [1.165, 1.54) is 0 Å². The standard InChI is InChI=1S/C29H28N4O2/c1-33(2)27(34)17-22-12-13-24-25(19-32-26(24)16-22)29(35)28(23-6-4-3-5-7-23)31-15-14-20-8-10-21(18-30)11-9-20/h3-13,16,19,28,31-32H,14-15,17H2,1-2H3/t28-/m1/s1. The van der Waals surface area contributed by atoms with Gasteiger partial charge in [0.05, 0.1) is 24.1 Å². The van der Waals surface area contributed by atoms with E-state index in [9.17, 15) is 9.59 Å². The molecule has 0 saturated heterocycles. The van der Waals surface area contributed by atoms with Gasteiger partial charge < -0.3 is 15.2 Å². The third-order valence-electron chi connectivity index (χ3n) is 6.11. The highest BCUT2D eigenvalue weighted by Gasteiger charge is 2.24. The first-order valence-corrected chi connectivity index (χ1v) is 11.6. The van der Waals surface area contributed by atoms with E-state index in [-0.39, 0.29) is 11.7 Å². The molecule has 0 bridgehead atoms. The number of Topliss-reactive ketones (excluding diaryl/α,β-unsaturated/α-hetero) is 1. The van der Waals surface area contributed by atoms with Gasteiger partial charge in [0.15, 0.2) is 5.78 Å². The van der Waals surface area contributed by atoms with Crippen LogP contribution in [0, 0.1) is 11.3 Å². The van der Waals surface area contributed by atoms with Crippen LogP contribution in [0.4, 0.5) is 0 Å². The Kier molecular flexibility index (Phi) is 7.39. The molecule has 4 aromatic rings. The van der Waals surface area contributed by atoms with E-state index in [1.54, 1.807) is 25.2 Å². The Morgan fingerprint density at radius 1 is 1.00 bits per heavy atom. The quantitative estimate of drug-likeness (QED) is 0.359. The first-order chi connectivity index (χ1) is 17.0. The van der Waals surface area contributed by atoms with Gasteiger partial charge in [0.25, 0.3) is 0 Å². The van der Waals surface area contributed by atoms with E-state index in [4.69, 9.17) is 5.26 Å². The van der Waals surface area contributed by atoms with Crippen LogP contribution in [-0.2, 0) is 17.6 Å². The van der Waals surface area contributed by atoms with Crippen LogP contribution in [-0.4, -0.2) is 42.2 Å². The second-order valence-electron chi connectivity index (χ2n) is 8.77. The Morgan fingerprint density at radius 3 is 2.40 bits per heavy atom. The molecule has 176 valence electrons. The Morgan fingerprint density at radius 2 is 1.71 bits per heavy atom. The topological polar surface area (TPSA) is 89.0 Å². The number of rotatable bonds is 9. The molecule has 0 radical (unpaired) electrons. The molecule has 1 amide bonds. The molecule has 6 heteroatoms. The van der Waals surface area contributed by atoms with Crippen molar-refractivity contribution in [1.29, 1.82) is 5.26 Å². The lowest BCUT2D eigenvalue weighted by molar-refractivity contribution is -0.127. The number of nitriles is 1. The number of ketones is 1. The lowest BCUT2D eigenvalue weighted by Crippen LogP contribution is -2.30. The number of nitrogens with zero attached hydrogens (tertiary/aromatic N) is 2. The number of carbonyl (C=O) groups excluding carboxylic acids is 2. The second-order valence-corrected chi connectivity index (χ2v) is 8.77. The van der Waals surface area contributed by atoms with Crippen molar-refractivity contribution in [3.63, 3.8) is 0 Å². The first kappa shape index (κ1) is 23.9. The third-order valence-corrected chi connectivity index (χ3v) is 6.11. The van der Waals surface area contributed by atoms with E-state index in [0.717, 1.165) is 34.0 Å². The Balaban J connectivity index is 1.54. The van der Waals surface area contributed by atoms with Gasteiger partial charge in [-0.25, -0.2) is 0 Å². The minimum Gasteiger partial charge on any atom is -0.360 e. The normalized spacial score (nSPS) is 11.7. The minimum atomic E-state index is -0.497. The molecular weight excluding hydrogens is 436 g/mol. The fourth-order valence-corrected chi connectivity index (χ4v) is 4.09. The number of nitrogens with one attached hydrogen (secondary N) is 2. The van der Waals surface area contributed by atoms with Crippen LogP contribution >= 0.6 is 0 Å². The van der Waals surface area contributed by atoms with Gasteiger partial charge in [-0.2, -0.15) is 5.26 Å². The average Bonchev–Trinajstić information content (AvgIpc) is 3.30. The van der Waals surface area contributed by atoms with E-state index >= 15 is 0 Å². The lowest BCUT2D eigenvalue weighted by atomic mass is 9.96. The van der Waals surface area contributed by atoms with Gasteiger partial charge in [-0.05, 0) is 41.3 Å². The molecule has 0 aliphatic carbocycles. The number of likely N-dealkylation sites (N-methyl/N-ethyl adjacent to an activating group) is 1. The van der Waals surface area contributed by atoms with Gasteiger partial charge in [0.2, 0.25) is 5.91 Å². The Labute approximate surface area is 205 Å². The third kappa shape index (κ3) is 5.65. The number of H-pyrrole nitrogens is 1. The molecule has 6 nitrogen and oxygen atoms in total. The number of aromatic nitrogens is 1. The monoisotopic (exact) mass is 464 g/mol. The van der Waals surface area contributed by atoms with Crippen molar-refractivity contribution in [2.75, 3.05) is 20.6 Å². The predicted molar refractivity (Wildman–Crippen MR) is 137 cm³/mol. The zero-order valence-corrected chi connectivity index (χ0v) is 19.9. The molecule has 0 aliphatic heterocycles. The van der Waals surface area contributed by atoms with Crippen LogP contribution in [0.1, 0.15) is 38.7 Å². The molecule has 0 unspecified atom stereocenters. The molecule has 35 heavy (non-hydrogen) atoms. The van der Waals surface area contributed by atoms with Crippen LogP contribution in [0.25, 0.3) is 10.9 Å². The Bertz CT molecular complexity index is 1370. The highest BCUT2D eigenvalue weighted by Crippen LogP contribution is 2.26. The summed E-state index contributed by atoms with van der Waals surface area (Å²) in [5, 5.41) is 13.3. The summed E-state index contributed by atoms with van der Waals surface area (Å²) < 4.78 is 0. The summed E-state index contributed by atoms with van der Waals surface area (Å²) >= 11 is 0. The van der Waals surface area contributed by atoms with Crippen molar-refractivity contribution in [3.8, 4) is 6.07 Å². The molecule has 1 aromatic heterocycles. The molecule has 1 heterocycles. The number of aromatic amines is 1. The number of hydrogen-bond donors (Lipinski definition) is 2. The largest absolute Gasteiger partial charge is 0.360 e. The van der Waals surface area contributed by atoms with Gasteiger partial charge in [-0.15, -0.1) is 0 Å². The molecule has 0 spiro atoms. The van der Waals surface area contributed by atoms with Gasteiger partial charge in [0, 0.05) is 43.3 Å². The summed E-state index contributed by atoms with van der Waals surface area (Å²) in [6.45, 7) is 0.607. The number of hydrogen-bond acceptors (Lipinski definition) is 4. The van der Waals surface area contributed by atoms with Crippen molar-refractivity contribution in [1.82, 2.24) is 15.2 Å². The molecule has 1 atom stereocenters. The minimum absolute atomic E-state index is 0.0144. The highest BCUT2D eigenvalue weighted by atomic mass is 16.2. The van der Waals surface area contributed by atoms with Crippen molar-refractivity contribution in [3.05, 3.63) is 107 Å². The zero-order chi connectivity index (χ0) is 24.8. The number of carbonyl (C=O) groups is 2. The smallest absolute Gasteiger partial charge is 0.226 e. The van der Waals surface area contributed by atoms with Crippen LogP contribution in [0.5, 0.6) is 0 Å². The molecule has 2 N–H and O–H groups in total. The van der Waals surface area contributed by atoms with Crippen LogP contribution in [0.3, 0.4) is 0 Å². The van der Waals surface area contributed by atoms with Gasteiger partial charge in [-0.1, -0.05) is 54.6 Å². The van der Waals surface area contributed by atoms with Crippen LogP contribution in [0.2, 0.25) is 0 Å². The fraction of sp³-hybridized carbons (Fsp3) is 0.207. The molecular formula is C29H28N4O2. The summed E-state index contributed by atoms with van der Waals surface area (Å²) in [5.41, 5.74) is 4.99. The number of amides is 1. The number of benzene rings is 3. The van der Waals surface area contributed by atoms with E-state index in [1.807, 2.05) is 72.8 Å². The average molecular weight is 465 g/mol. The van der Waals surface area contributed by atoms with Gasteiger partial charge in [0.1, 0.15) is 0 Å². The van der Waals surface area contributed by atoms with Crippen molar-refractivity contribution in [2.24, 2.45) is 0 Å².